The molecule has 2 aromatic heterocycles. The molecule has 218 valence electrons. The Morgan fingerprint density at radius 1 is 0.500 bits per heavy atom. The van der Waals surface area contributed by atoms with E-state index in [0.29, 0.717) is 23.8 Å². The largest absolute Gasteiger partial charge is 0.336 e. The van der Waals surface area contributed by atoms with E-state index in [1.165, 1.54) is 84.0 Å². The van der Waals surface area contributed by atoms with E-state index in [1.807, 2.05) is 0 Å². The third-order valence-corrected chi connectivity index (χ3v) is 11.4. The normalized spacial score (nSPS) is 21.6. The van der Waals surface area contributed by atoms with Crippen LogP contribution in [0.3, 0.4) is 0 Å². The molecule has 0 N–H and O–H groups in total. The second-order valence-corrected chi connectivity index (χ2v) is 13.7. The number of rotatable bonds is 2. The van der Waals surface area contributed by atoms with Crippen LogP contribution in [0.2, 0.25) is 0 Å². The standard InChI is InChI=1S/C44H32N2/c1-2-11-33(12-3-1)45-40-16-7-6-13-34(40)37-23-30(19-20-41(37)45)29-17-18-31-24-39-36-15-8-14-35-38-22-27-9-4-5-10-28(27)25-42(38)46(44(35)36)43(39)26-32(31)21-29/h1-21,23-24,26-28,38,42H,22,25H2. The lowest BCUT2D eigenvalue weighted by atomic mass is 9.69. The van der Waals surface area contributed by atoms with Crippen molar-refractivity contribution in [3.05, 3.63) is 151 Å². The fourth-order valence-corrected chi connectivity index (χ4v) is 9.42. The maximum absolute atomic E-state index is 2.74. The summed E-state index contributed by atoms with van der Waals surface area (Å²) in [5.41, 5.74) is 10.6. The first-order chi connectivity index (χ1) is 22.8. The summed E-state index contributed by atoms with van der Waals surface area (Å²) < 4.78 is 5.13. The highest BCUT2D eigenvalue weighted by Gasteiger charge is 2.43. The van der Waals surface area contributed by atoms with E-state index in [1.54, 1.807) is 5.56 Å². The first-order valence-electron chi connectivity index (χ1n) is 16.7. The molecule has 4 unspecified atom stereocenters. The number of benzene rings is 6. The maximum Gasteiger partial charge on any atom is 0.0541 e. The van der Waals surface area contributed by atoms with Crippen molar-refractivity contribution in [2.75, 3.05) is 0 Å². The van der Waals surface area contributed by atoms with Crippen molar-refractivity contribution in [1.82, 2.24) is 9.13 Å². The molecule has 6 aromatic carbocycles. The molecule has 2 nitrogen and oxygen atoms in total. The van der Waals surface area contributed by atoms with Crippen molar-refractivity contribution < 1.29 is 0 Å². The molecule has 2 aliphatic carbocycles. The summed E-state index contributed by atoms with van der Waals surface area (Å²) in [4.78, 5) is 0. The Morgan fingerprint density at radius 2 is 1.24 bits per heavy atom. The summed E-state index contributed by atoms with van der Waals surface area (Å²) in [6.07, 6.45) is 11.9. The van der Waals surface area contributed by atoms with Gasteiger partial charge in [-0.1, -0.05) is 97.1 Å². The summed E-state index contributed by atoms with van der Waals surface area (Å²) in [5, 5.41) is 8.02. The zero-order chi connectivity index (χ0) is 29.9. The highest BCUT2D eigenvalue weighted by Crippen LogP contribution is 2.56. The zero-order valence-electron chi connectivity index (χ0n) is 25.5. The van der Waals surface area contributed by atoms with Gasteiger partial charge in [0.15, 0.2) is 0 Å². The van der Waals surface area contributed by atoms with E-state index in [2.05, 4.69) is 155 Å². The molecule has 2 heteroatoms. The van der Waals surface area contributed by atoms with E-state index >= 15 is 0 Å². The summed E-state index contributed by atoms with van der Waals surface area (Å²) >= 11 is 0. The van der Waals surface area contributed by atoms with Gasteiger partial charge in [0.1, 0.15) is 0 Å². The van der Waals surface area contributed by atoms with Crippen LogP contribution in [0, 0.1) is 11.8 Å². The fourth-order valence-electron chi connectivity index (χ4n) is 9.42. The molecule has 0 radical (unpaired) electrons. The zero-order valence-corrected chi connectivity index (χ0v) is 25.5. The summed E-state index contributed by atoms with van der Waals surface area (Å²) in [6, 6.07) is 46.1. The minimum atomic E-state index is 0.528. The van der Waals surface area contributed by atoms with Crippen molar-refractivity contribution in [2.24, 2.45) is 11.8 Å². The number of aromatic nitrogens is 2. The van der Waals surface area contributed by atoms with Gasteiger partial charge in [0, 0.05) is 39.2 Å². The lowest BCUT2D eigenvalue weighted by Crippen LogP contribution is -2.28. The van der Waals surface area contributed by atoms with Crippen LogP contribution in [0.25, 0.3) is 71.2 Å². The van der Waals surface area contributed by atoms with Gasteiger partial charge < -0.3 is 9.13 Å². The van der Waals surface area contributed by atoms with Gasteiger partial charge in [-0.25, -0.2) is 0 Å². The van der Waals surface area contributed by atoms with Gasteiger partial charge in [-0.2, -0.15) is 0 Å². The van der Waals surface area contributed by atoms with E-state index in [0.717, 1.165) is 0 Å². The Morgan fingerprint density at radius 3 is 2.15 bits per heavy atom. The van der Waals surface area contributed by atoms with Gasteiger partial charge in [-0.3, -0.25) is 0 Å². The average Bonchev–Trinajstić information content (AvgIpc) is 3.74. The van der Waals surface area contributed by atoms with Crippen LogP contribution >= 0.6 is 0 Å². The topological polar surface area (TPSA) is 9.86 Å². The van der Waals surface area contributed by atoms with Gasteiger partial charge in [0.05, 0.1) is 22.1 Å². The smallest absolute Gasteiger partial charge is 0.0541 e. The van der Waals surface area contributed by atoms with E-state index < -0.39 is 0 Å². The number of fused-ring (bicyclic) bond motifs is 11. The third-order valence-electron chi connectivity index (χ3n) is 11.4. The van der Waals surface area contributed by atoms with E-state index in [4.69, 9.17) is 0 Å². The van der Waals surface area contributed by atoms with Crippen molar-refractivity contribution in [2.45, 2.75) is 24.8 Å². The molecule has 1 fully saturated rings. The molecular formula is C44H32N2. The molecule has 0 amide bonds. The maximum atomic E-state index is 2.74. The minimum Gasteiger partial charge on any atom is -0.336 e. The summed E-state index contributed by atoms with van der Waals surface area (Å²) in [5.74, 6) is 1.91. The minimum absolute atomic E-state index is 0.528. The molecule has 1 aliphatic heterocycles. The molecule has 4 atom stereocenters. The summed E-state index contributed by atoms with van der Waals surface area (Å²) in [7, 11) is 0. The Kier molecular flexibility index (Phi) is 4.94. The van der Waals surface area contributed by atoms with Crippen LogP contribution in [0.4, 0.5) is 0 Å². The molecule has 0 saturated heterocycles. The van der Waals surface area contributed by atoms with Crippen molar-refractivity contribution in [3.8, 4) is 16.8 Å². The lowest BCUT2D eigenvalue weighted by molar-refractivity contribution is 0.235. The van der Waals surface area contributed by atoms with Crippen molar-refractivity contribution >= 4 is 54.4 Å². The van der Waals surface area contributed by atoms with Crippen LogP contribution in [0.15, 0.2) is 146 Å². The molecule has 11 rings (SSSR count). The summed E-state index contributed by atoms with van der Waals surface area (Å²) in [6.45, 7) is 0. The predicted octanol–water partition coefficient (Wildman–Crippen LogP) is 11.5. The van der Waals surface area contributed by atoms with Crippen LogP contribution in [0.5, 0.6) is 0 Å². The number of hydrogen-bond donors (Lipinski definition) is 0. The number of allylic oxidation sites excluding steroid dienone is 4. The Labute approximate surface area is 267 Å². The number of nitrogens with zero attached hydrogens (tertiary/aromatic N) is 2. The molecule has 0 spiro atoms. The number of hydrogen-bond acceptors (Lipinski definition) is 0. The lowest BCUT2D eigenvalue weighted by Gasteiger charge is -2.38. The molecule has 8 aromatic rings. The second-order valence-electron chi connectivity index (χ2n) is 13.7. The van der Waals surface area contributed by atoms with Crippen molar-refractivity contribution in [3.63, 3.8) is 0 Å². The van der Waals surface area contributed by atoms with Crippen LogP contribution in [0.1, 0.15) is 30.4 Å². The SMILES string of the molecule is C1=CC2CC3c4cccc5c6cc7ccc(-c8ccc9c(c8)c8ccccc8n9-c8ccccc8)cc7cc6n(c45)C3CC2C=C1. The first-order valence-corrected chi connectivity index (χ1v) is 16.7. The predicted molar refractivity (Wildman–Crippen MR) is 193 cm³/mol. The van der Waals surface area contributed by atoms with E-state index in [9.17, 15) is 0 Å². The quantitative estimate of drug-likeness (QED) is 0.190. The first kappa shape index (κ1) is 24.9. The Balaban J connectivity index is 1.08. The van der Waals surface area contributed by atoms with Gasteiger partial charge >= 0.3 is 0 Å². The molecule has 1 saturated carbocycles. The highest BCUT2D eigenvalue weighted by molar-refractivity contribution is 6.15. The third kappa shape index (κ3) is 3.31. The van der Waals surface area contributed by atoms with Crippen LogP contribution in [-0.4, -0.2) is 9.13 Å². The van der Waals surface area contributed by atoms with Crippen LogP contribution in [-0.2, 0) is 0 Å². The molecule has 3 aliphatic rings. The monoisotopic (exact) mass is 588 g/mol. The Bertz CT molecular complexity index is 2610. The van der Waals surface area contributed by atoms with Gasteiger partial charge in [-0.15, -0.1) is 0 Å². The molecular weight excluding hydrogens is 556 g/mol. The van der Waals surface area contributed by atoms with Gasteiger partial charge in [0.2, 0.25) is 0 Å². The van der Waals surface area contributed by atoms with E-state index in [-0.39, 0.29) is 0 Å². The van der Waals surface area contributed by atoms with Gasteiger partial charge in [-0.05, 0) is 101 Å². The fraction of sp³-hybridized carbons (Fsp3) is 0.136. The van der Waals surface area contributed by atoms with Crippen LogP contribution < -0.4 is 0 Å². The average molecular weight is 589 g/mol. The molecule has 3 heterocycles. The molecule has 0 bridgehead atoms. The highest BCUT2D eigenvalue weighted by atomic mass is 15.1. The number of para-hydroxylation sites is 3. The molecule has 46 heavy (non-hydrogen) atoms. The second kappa shape index (κ2) is 9.11. The van der Waals surface area contributed by atoms with Crippen molar-refractivity contribution in [1.29, 1.82) is 0 Å². The Hall–Kier alpha value is -5.34. The van der Waals surface area contributed by atoms with Gasteiger partial charge in [0.25, 0.3) is 0 Å².